The highest BCUT2D eigenvalue weighted by molar-refractivity contribution is 5.81. The summed E-state index contributed by atoms with van der Waals surface area (Å²) < 4.78 is 10.8. The number of aliphatic hydroxyl groups excluding tert-OH is 1. The lowest BCUT2D eigenvalue weighted by Crippen LogP contribution is -2.11. The first-order valence-corrected chi connectivity index (χ1v) is 6.95. The summed E-state index contributed by atoms with van der Waals surface area (Å²) >= 11 is 0. The zero-order valence-corrected chi connectivity index (χ0v) is 12.5. The molecule has 6 N–H and O–H groups in total. The van der Waals surface area contributed by atoms with Gasteiger partial charge in [-0.25, -0.2) is 0 Å². The molecule has 1 aromatic carbocycles. The zero-order chi connectivity index (χ0) is 16.7. The number of hydrogen-bond acceptors (Lipinski definition) is 7. The molecule has 0 saturated heterocycles. The summed E-state index contributed by atoms with van der Waals surface area (Å²) in [5.41, 5.74) is 12.2. The van der Waals surface area contributed by atoms with Gasteiger partial charge in [0.25, 0.3) is 0 Å². The van der Waals surface area contributed by atoms with Crippen molar-refractivity contribution in [3.8, 4) is 11.5 Å². The average molecular weight is 317 g/mol. The molecule has 23 heavy (non-hydrogen) atoms. The lowest BCUT2D eigenvalue weighted by molar-refractivity contribution is 0.154. The summed E-state index contributed by atoms with van der Waals surface area (Å²) in [6, 6.07) is 6.70. The van der Waals surface area contributed by atoms with Gasteiger partial charge in [0, 0.05) is 11.5 Å². The van der Waals surface area contributed by atoms with E-state index < -0.39 is 0 Å². The molecule has 2 aromatic rings. The standard InChI is InChI=1S/C16H19N3O4/c17-8-11(10-20)5-16(18)23-4-3-22-14-7-12-6-13(21)1-2-15(12)19-9-14/h1-2,5-9,20-21H,3-4,10,17-18H2/b11-8+,16-5+. The summed E-state index contributed by atoms with van der Waals surface area (Å²) in [6.45, 7) is 0.275. The van der Waals surface area contributed by atoms with E-state index in [0.717, 1.165) is 10.9 Å². The van der Waals surface area contributed by atoms with Crippen LogP contribution in [0, 0.1) is 0 Å². The molecule has 7 heteroatoms. The Hall–Kier alpha value is -2.93. The largest absolute Gasteiger partial charge is 0.508 e. The number of benzene rings is 1. The van der Waals surface area contributed by atoms with Gasteiger partial charge in [-0.2, -0.15) is 0 Å². The van der Waals surface area contributed by atoms with Crippen LogP contribution in [0.2, 0.25) is 0 Å². The van der Waals surface area contributed by atoms with Crippen molar-refractivity contribution in [2.75, 3.05) is 19.8 Å². The van der Waals surface area contributed by atoms with Gasteiger partial charge in [0.2, 0.25) is 0 Å². The van der Waals surface area contributed by atoms with E-state index in [1.165, 1.54) is 12.3 Å². The van der Waals surface area contributed by atoms with Gasteiger partial charge in [-0.3, -0.25) is 4.98 Å². The second-order valence-electron chi connectivity index (χ2n) is 4.69. The molecule has 0 atom stereocenters. The Morgan fingerprint density at radius 3 is 2.83 bits per heavy atom. The summed E-state index contributed by atoms with van der Waals surface area (Å²) in [6.07, 6.45) is 4.29. The van der Waals surface area contributed by atoms with Crippen molar-refractivity contribution in [2.45, 2.75) is 0 Å². The number of phenolic OH excluding ortho intramolecular Hbond substituents is 1. The Morgan fingerprint density at radius 1 is 1.26 bits per heavy atom. The summed E-state index contributed by atoms with van der Waals surface area (Å²) in [7, 11) is 0. The van der Waals surface area contributed by atoms with E-state index in [2.05, 4.69) is 4.98 Å². The van der Waals surface area contributed by atoms with Crippen LogP contribution < -0.4 is 16.2 Å². The fourth-order valence-electron chi connectivity index (χ4n) is 1.87. The summed E-state index contributed by atoms with van der Waals surface area (Å²) in [4.78, 5) is 4.24. The molecule has 7 nitrogen and oxygen atoms in total. The molecular formula is C16H19N3O4. The highest BCUT2D eigenvalue weighted by Crippen LogP contribution is 2.22. The molecule has 0 saturated carbocycles. The predicted octanol–water partition coefficient (Wildman–Crippen LogP) is 0.971. The molecule has 0 radical (unpaired) electrons. The average Bonchev–Trinajstić information content (AvgIpc) is 2.56. The zero-order valence-electron chi connectivity index (χ0n) is 12.5. The molecule has 0 fully saturated rings. The van der Waals surface area contributed by atoms with E-state index in [-0.39, 0.29) is 31.5 Å². The fraction of sp³-hybridized carbons (Fsp3) is 0.188. The first-order valence-electron chi connectivity index (χ1n) is 6.95. The van der Waals surface area contributed by atoms with E-state index in [9.17, 15) is 5.11 Å². The Labute approximate surface area is 133 Å². The van der Waals surface area contributed by atoms with Crippen LogP contribution >= 0.6 is 0 Å². The first kappa shape index (κ1) is 16.4. The van der Waals surface area contributed by atoms with Crippen LogP contribution in [-0.4, -0.2) is 35.0 Å². The molecule has 0 aliphatic carbocycles. The van der Waals surface area contributed by atoms with Crippen molar-refractivity contribution < 1.29 is 19.7 Å². The van der Waals surface area contributed by atoms with E-state index in [1.54, 1.807) is 30.5 Å². The third-order valence-electron chi connectivity index (χ3n) is 2.98. The van der Waals surface area contributed by atoms with E-state index in [4.69, 9.17) is 26.0 Å². The van der Waals surface area contributed by atoms with Crippen LogP contribution in [0.3, 0.4) is 0 Å². The molecule has 0 spiro atoms. The smallest absolute Gasteiger partial charge is 0.184 e. The highest BCUT2D eigenvalue weighted by atomic mass is 16.5. The van der Waals surface area contributed by atoms with Crippen molar-refractivity contribution in [2.24, 2.45) is 11.5 Å². The minimum Gasteiger partial charge on any atom is -0.508 e. The van der Waals surface area contributed by atoms with Gasteiger partial charge in [-0.05, 0) is 36.0 Å². The first-order chi connectivity index (χ1) is 11.1. The normalized spacial score (nSPS) is 12.4. The maximum atomic E-state index is 9.47. The minimum absolute atomic E-state index is 0.140. The molecule has 0 amide bonds. The van der Waals surface area contributed by atoms with Crippen molar-refractivity contribution in [1.82, 2.24) is 4.98 Å². The number of ether oxygens (including phenoxy) is 2. The lowest BCUT2D eigenvalue weighted by atomic mass is 10.2. The Balaban J connectivity index is 1.87. The number of aromatic hydroxyl groups is 1. The van der Waals surface area contributed by atoms with Crippen molar-refractivity contribution in [3.63, 3.8) is 0 Å². The number of fused-ring (bicyclic) bond motifs is 1. The van der Waals surface area contributed by atoms with Crippen LogP contribution in [0.1, 0.15) is 0 Å². The Morgan fingerprint density at radius 2 is 2.09 bits per heavy atom. The number of aromatic nitrogens is 1. The SMILES string of the molecule is N/C=C(\C=C(/N)OCCOc1cnc2ccc(O)cc2c1)CO. The highest BCUT2D eigenvalue weighted by Gasteiger charge is 2.01. The van der Waals surface area contributed by atoms with Crippen LogP contribution in [0.4, 0.5) is 0 Å². The van der Waals surface area contributed by atoms with E-state index in [1.807, 2.05) is 0 Å². The van der Waals surface area contributed by atoms with Crippen molar-refractivity contribution in [1.29, 1.82) is 0 Å². The molecular weight excluding hydrogens is 298 g/mol. The maximum Gasteiger partial charge on any atom is 0.184 e. The minimum atomic E-state index is -0.216. The number of rotatable bonds is 7. The van der Waals surface area contributed by atoms with Crippen LogP contribution in [0.5, 0.6) is 11.5 Å². The summed E-state index contributed by atoms with van der Waals surface area (Å²) in [5, 5.41) is 19.2. The summed E-state index contributed by atoms with van der Waals surface area (Å²) in [5.74, 6) is 0.874. The van der Waals surface area contributed by atoms with Gasteiger partial charge in [0.15, 0.2) is 5.88 Å². The predicted molar refractivity (Wildman–Crippen MR) is 86.5 cm³/mol. The molecule has 1 aromatic heterocycles. The number of nitrogens with two attached hydrogens (primary N) is 2. The van der Waals surface area contributed by atoms with Gasteiger partial charge in [0.05, 0.1) is 18.3 Å². The molecule has 122 valence electrons. The van der Waals surface area contributed by atoms with Crippen molar-refractivity contribution in [3.05, 3.63) is 54.2 Å². The van der Waals surface area contributed by atoms with Gasteiger partial charge in [-0.15, -0.1) is 0 Å². The third-order valence-corrected chi connectivity index (χ3v) is 2.98. The number of nitrogens with zero attached hydrogens (tertiary/aromatic N) is 1. The molecule has 0 aliphatic heterocycles. The van der Waals surface area contributed by atoms with Crippen molar-refractivity contribution >= 4 is 10.9 Å². The van der Waals surface area contributed by atoms with Crippen LogP contribution in [0.25, 0.3) is 10.9 Å². The molecule has 0 bridgehead atoms. The van der Waals surface area contributed by atoms with Gasteiger partial charge in [-0.1, -0.05) is 0 Å². The number of phenols is 1. The molecule has 0 aliphatic rings. The maximum absolute atomic E-state index is 9.47. The lowest BCUT2D eigenvalue weighted by Gasteiger charge is -2.09. The van der Waals surface area contributed by atoms with Gasteiger partial charge < -0.3 is 31.2 Å². The molecule has 1 heterocycles. The van der Waals surface area contributed by atoms with E-state index in [0.29, 0.717) is 11.3 Å². The molecule has 2 rings (SSSR count). The number of pyridine rings is 1. The Kier molecular flexibility index (Phi) is 5.65. The second-order valence-corrected chi connectivity index (χ2v) is 4.69. The topological polar surface area (TPSA) is 124 Å². The van der Waals surface area contributed by atoms with Crippen LogP contribution in [0.15, 0.2) is 54.2 Å². The fourth-order valence-corrected chi connectivity index (χ4v) is 1.87. The monoisotopic (exact) mass is 317 g/mol. The number of hydrogen-bond donors (Lipinski definition) is 4. The number of aliphatic hydroxyl groups is 1. The van der Waals surface area contributed by atoms with E-state index >= 15 is 0 Å². The van der Waals surface area contributed by atoms with Gasteiger partial charge in [0.1, 0.15) is 24.7 Å². The third kappa shape index (κ3) is 4.79. The van der Waals surface area contributed by atoms with Crippen LogP contribution in [-0.2, 0) is 4.74 Å². The molecule has 0 unspecified atom stereocenters. The quantitative estimate of drug-likeness (QED) is 0.341. The second kappa shape index (κ2) is 7.90. The van der Waals surface area contributed by atoms with Gasteiger partial charge >= 0.3 is 0 Å². The Bertz CT molecular complexity index is 728.